The summed E-state index contributed by atoms with van der Waals surface area (Å²) in [5, 5.41) is 16.2. The maximum absolute atomic E-state index is 15.4. The van der Waals surface area contributed by atoms with E-state index in [-0.39, 0.29) is 48.5 Å². The summed E-state index contributed by atoms with van der Waals surface area (Å²) < 4.78 is 77.3. The number of anilines is 2. The summed E-state index contributed by atoms with van der Waals surface area (Å²) in [6.45, 7) is 2.32. The standard InChI is InChI=1S/C40H36F5N7O8S/c1-39(2)37(59)51(26-14-11-21(19-46)31(32(26)42)40(43,44)45)38(61)52(39)22-12-13-23(25(41)18-22)33(55)49-16-5-4-15-48-29(54)20-60-28-10-6-8-24-30(28)36(58)50(35(24)57)27(9-7-17-53)34(56)47-3/h6,8,10-14,17-18,27H,4-5,7,9,15-16,20H2,1-3H3,(H,47,56)(H,48,54)(H,49,55). The van der Waals surface area contributed by atoms with Crippen molar-refractivity contribution in [3.8, 4) is 11.8 Å². The van der Waals surface area contributed by atoms with Crippen LogP contribution in [0.3, 0.4) is 0 Å². The number of unbranched alkanes of at least 4 members (excludes halogenated alkanes) is 1. The zero-order chi connectivity index (χ0) is 45.0. The van der Waals surface area contributed by atoms with E-state index in [1.165, 1.54) is 51.2 Å². The third kappa shape index (κ3) is 8.89. The minimum absolute atomic E-state index is 0.0317. The molecule has 2 heterocycles. The van der Waals surface area contributed by atoms with Gasteiger partial charge >= 0.3 is 6.18 Å². The second kappa shape index (κ2) is 18.2. The molecule has 2 aliphatic heterocycles. The molecule has 1 saturated heterocycles. The van der Waals surface area contributed by atoms with E-state index >= 15 is 8.78 Å². The number of amides is 6. The number of fused-ring (bicyclic) bond motifs is 1. The van der Waals surface area contributed by atoms with Crippen molar-refractivity contribution in [1.29, 1.82) is 5.26 Å². The Morgan fingerprint density at radius 2 is 1.69 bits per heavy atom. The third-order valence-electron chi connectivity index (χ3n) is 9.79. The molecule has 0 saturated carbocycles. The number of alkyl halides is 3. The molecule has 3 aromatic carbocycles. The van der Waals surface area contributed by atoms with Gasteiger partial charge in [0.15, 0.2) is 17.5 Å². The van der Waals surface area contributed by atoms with Crippen molar-refractivity contribution in [2.24, 2.45) is 0 Å². The van der Waals surface area contributed by atoms with Crippen molar-refractivity contribution in [2.45, 2.75) is 57.3 Å². The quantitative estimate of drug-likeness (QED) is 0.0615. The van der Waals surface area contributed by atoms with Gasteiger partial charge in [0.1, 0.15) is 35.0 Å². The van der Waals surface area contributed by atoms with Crippen molar-refractivity contribution in [3.63, 3.8) is 0 Å². The van der Waals surface area contributed by atoms with Crippen LogP contribution in [0.25, 0.3) is 0 Å². The van der Waals surface area contributed by atoms with Gasteiger partial charge in [-0.2, -0.15) is 18.4 Å². The van der Waals surface area contributed by atoms with E-state index in [4.69, 9.17) is 22.2 Å². The average Bonchev–Trinajstić information content (AvgIpc) is 3.56. The van der Waals surface area contributed by atoms with E-state index < -0.39 is 98.9 Å². The zero-order valence-electron chi connectivity index (χ0n) is 32.6. The summed E-state index contributed by atoms with van der Waals surface area (Å²) in [5.74, 6) is -7.53. The van der Waals surface area contributed by atoms with E-state index in [0.717, 1.165) is 28.0 Å². The number of nitriles is 1. The molecule has 15 nitrogen and oxygen atoms in total. The molecule has 5 rings (SSSR count). The van der Waals surface area contributed by atoms with Crippen LogP contribution in [0, 0.1) is 23.0 Å². The van der Waals surface area contributed by atoms with Crippen LogP contribution in [0.4, 0.5) is 33.3 Å². The van der Waals surface area contributed by atoms with Crippen LogP contribution in [0.15, 0.2) is 48.5 Å². The van der Waals surface area contributed by atoms with Gasteiger partial charge in [-0.3, -0.25) is 38.6 Å². The molecule has 21 heteroatoms. The highest BCUT2D eigenvalue weighted by atomic mass is 32.1. The highest BCUT2D eigenvalue weighted by molar-refractivity contribution is 7.81. The number of thiocarbonyl (C=S) groups is 1. The van der Waals surface area contributed by atoms with Crippen molar-refractivity contribution in [2.75, 3.05) is 36.5 Å². The van der Waals surface area contributed by atoms with Crippen LogP contribution in [0.5, 0.6) is 5.75 Å². The van der Waals surface area contributed by atoms with Gasteiger partial charge in [-0.1, -0.05) is 6.07 Å². The number of carbonyl (C=O) groups is 7. The summed E-state index contributed by atoms with van der Waals surface area (Å²) in [7, 11) is 1.33. The zero-order valence-corrected chi connectivity index (χ0v) is 33.4. The van der Waals surface area contributed by atoms with Gasteiger partial charge in [-0.15, -0.1) is 0 Å². The van der Waals surface area contributed by atoms with E-state index in [2.05, 4.69) is 16.0 Å². The number of rotatable bonds is 16. The number of benzene rings is 3. The number of likely N-dealkylation sites (N-methyl/N-ethyl adjacent to an activating group) is 1. The first-order valence-corrected chi connectivity index (χ1v) is 18.8. The van der Waals surface area contributed by atoms with Gasteiger partial charge in [0, 0.05) is 32.2 Å². The summed E-state index contributed by atoms with van der Waals surface area (Å²) in [6, 6.07) is 9.01. The summed E-state index contributed by atoms with van der Waals surface area (Å²) in [4.78, 5) is 91.0. The molecule has 3 aromatic rings. The molecule has 0 aliphatic carbocycles. The fraction of sp³-hybridized carbons (Fsp3) is 0.325. The first-order valence-electron chi connectivity index (χ1n) is 18.4. The normalized spacial score (nSPS) is 15.0. The molecular formula is C40H36F5N7O8S. The molecule has 0 radical (unpaired) electrons. The van der Waals surface area contributed by atoms with Crippen LogP contribution in [-0.2, 0) is 25.4 Å². The van der Waals surface area contributed by atoms with E-state index in [1.807, 2.05) is 0 Å². The van der Waals surface area contributed by atoms with Crippen molar-refractivity contribution in [3.05, 3.63) is 88.0 Å². The predicted molar refractivity (Wildman–Crippen MR) is 209 cm³/mol. The van der Waals surface area contributed by atoms with Crippen LogP contribution in [-0.4, -0.2) is 90.1 Å². The fourth-order valence-corrected chi connectivity index (χ4v) is 7.31. The lowest BCUT2D eigenvalue weighted by Gasteiger charge is -2.29. The molecule has 1 atom stereocenters. The maximum Gasteiger partial charge on any atom is 0.420 e. The maximum atomic E-state index is 15.4. The molecule has 1 unspecified atom stereocenters. The Balaban J connectivity index is 1.13. The van der Waals surface area contributed by atoms with E-state index in [1.54, 1.807) is 0 Å². The second-order valence-electron chi connectivity index (χ2n) is 14.0. The first-order chi connectivity index (χ1) is 28.8. The van der Waals surface area contributed by atoms with Crippen LogP contribution in [0.2, 0.25) is 0 Å². The van der Waals surface area contributed by atoms with Gasteiger partial charge in [-0.05, 0) is 87.8 Å². The Hall–Kier alpha value is -6.82. The predicted octanol–water partition coefficient (Wildman–Crippen LogP) is 4.17. The van der Waals surface area contributed by atoms with Gasteiger partial charge in [0.05, 0.1) is 34.0 Å². The molecule has 320 valence electrons. The minimum atomic E-state index is -5.28. The molecule has 0 aromatic heterocycles. The summed E-state index contributed by atoms with van der Waals surface area (Å²) in [5.41, 5.74) is -6.02. The number of hydrogen-bond donors (Lipinski definition) is 3. The van der Waals surface area contributed by atoms with Crippen molar-refractivity contribution < 1.29 is 60.3 Å². The summed E-state index contributed by atoms with van der Waals surface area (Å²) in [6.07, 6.45) is -4.19. The topological polar surface area (TPSA) is 198 Å². The Bertz CT molecular complexity index is 2390. The number of hydrogen-bond acceptors (Lipinski definition) is 10. The second-order valence-corrected chi connectivity index (χ2v) is 14.4. The number of nitrogens with one attached hydrogen (secondary N) is 3. The van der Waals surface area contributed by atoms with Gasteiger partial charge < -0.3 is 30.4 Å². The molecule has 1 fully saturated rings. The number of ether oxygens (including phenoxy) is 1. The minimum Gasteiger partial charge on any atom is -0.483 e. The van der Waals surface area contributed by atoms with Crippen LogP contribution >= 0.6 is 12.2 Å². The molecular weight excluding hydrogens is 834 g/mol. The lowest BCUT2D eigenvalue weighted by Crippen LogP contribution is -2.48. The Labute approximate surface area is 349 Å². The lowest BCUT2D eigenvalue weighted by molar-refractivity contribution is -0.140. The van der Waals surface area contributed by atoms with Crippen molar-refractivity contribution in [1.82, 2.24) is 20.9 Å². The molecule has 0 bridgehead atoms. The van der Waals surface area contributed by atoms with Crippen LogP contribution in [0.1, 0.15) is 81.7 Å². The van der Waals surface area contributed by atoms with Gasteiger partial charge in [-0.25, -0.2) is 8.78 Å². The monoisotopic (exact) mass is 869 g/mol. The molecule has 61 heavy (non-hydrogen) atoms. The summed E-state index contributed by atoms with van der Waals surface area (Å²) >= 11 is 5.38. The van der Waals surface area contributed by atoms with Crippen molar-refractivity contribution >= 4 is 70.4 Å². The SMILES string of the molecule is CNC(=O)C(CCC=O)N1C(=O)c2cccc(OCC(=O)NCCCCNC(=O)c3ccc(N4C(=S)N(c5ccc(C#N)c(C(F)(F)F)c5F)C(=O)C4(C)C)cc3F)c2C1=O. The smallest absolute Gasteiger partial charge is 0.420 e. The fourth-order valence-electron chi connectivity index (χ4n) is 6.79. The van der Waals surface area contributed by atoms with Gasteiger partial charge in [0.25, 0.3) is 29.5 Å². The Morgan fingerprint density at radius 3 is 2.31 bits per heavy atom. The molecule has 6 amide bonds. The number of imide groups is 1. The van der Waals surface area contributed by atoms with E-state index in [9.17, 15) is 46.7 Å². The highest BCUT2D eigenvalue weighted by Gasteiger charge is 2.52. The Kier molecular flexibility index (Phi) is 13.5. The van der Waals surface area contributed by atoms with E-state index in [0.29, 0.717) is 30.1 Å². The lowest BCUT2D eigenvalue weighted by atomic mass is 10.0. The molecule has 0 spiro atoms. The molecule has 2 aliphatic rings. The molecule has 3 N–H and O–H groups in total. The number of carbonyl (C=O) groups excluding carboxylic acids is 7. The van der Waals surface area contributed by atoms with Crippen LogP contribution < -0.4 is 30.5 Å². The number of aldehydes is 1. The number of halogens is 5. The third-order valence-corrected chi connectivity index (χ3v) is 10.2. The first kappa shape index (κ1) is 45.3. The van der Waals surface area contributed by atoms with Gasteiger partial charge in [0.2, 0.25) is 5.91 Å². The largest absolute Gasteiger partial charge is 0.483 e. The highest BCUT2D eigenvalue weighted by Crippen LogP contribution is 2.42. The Morgan fingerprint density at radius 1 is 1.00 bits per heavy atom. The number of nitrogens with zero attached hydrogens (tertiary/aromatic N) is 4. The average molecular weight is 870 g/mol.